The Hall–Kier alpha value is -2.03. The highest BCUT2D eigenvalue weighted by molar-refractivity contribution is 8.13. The second-order valence-electron chi connectivity index (χ2n) is 5.00. The molecule has 9 heteroatoms. The van der Waals surface area contributed by atoms with Gasteiger partial charge in [-0.25, -0.2) is 0 Å². The lowest BCUT2D eigenvalue weighted by Gasteiger charge is -2.14. The van der Waals surface area contributed by atoms with E-state index in [1.165, 1.54) is 29.8 Å². The van der Waals surface area contributed by atoms with E-state index in [0.717, 1.165) is 5.56 Å². The molecule has 0 bridgehead atoms. The van der Waals surface area contributed by atoms with Gasteiger partial charge in [-0.3, -0.25) is 9.59 Å². The fourth-order valence-corrected chi connectivity index (χ4v) is 3.03. The summed E-state index contributed by atoms with van der Waals surface area (Å²) in [7, 11) is 1.37. The van der Waals surface area contributed by atoms with Crippen molar-refractivity contribution in [3.63, 3.8) is 0 Å². The first-order chi connectivity index (χ1) is 11.5. The Morgan fingerprint density at radius 1 is 1.42 bits per heavy atom. The minimum atomic E-state index is -2.92. The van der Waals surface area contributed by atoms with Gasteiger partial charge in [0.25, 0.3) is 5.24 Å². The molecule has 0 aromatic heterocycles. The molecule has 1 aromatic rings. The number of ether oxygens (including phenoxy) is 2. The summed E-state index contributed by atoms with van der Waals surface area (Å²) in [6.07, 6.45) is 0.500. The molecule has 1 aliphatic rings. The topological polar surface area (TPSA) is 67.9 Å². The van der Waals surface area contributed by atoms with Crippen molar-refractivity contribution in [2.45, 2.75) is 13.0 Å². The van der Waals surface area contributed by atoms with Crippen molar-refractivity contribution in [3.8, 4) is 11.5 Å². The van der Waals surface area contributed by atoms with E-state index in [1.807, 2.05) is 0 Å². The van der Waals surface area contributed by atoms with Crippen LogP contribution in [-0.2, 0) is 11.2 Å². The van der Waals surface area contributed by atoms with Gasteiger partial charge in [0, 0.05) is 18.8 Å². The first-order valence-electron chi connectivity index (χ1n) is 7.29. The molecule has 1 aliphatic heterocycles. The van der Waals surface area contributed by atoms with Gasteiger partial charge in [0.15, 0.2) is 11.5 Å². The smallest absolute Gasteiger partial charge is 0.387 e. The highest BCUT2D eigenvalue weighted by Gasteiger charge is 2.22. The number of thioether (sulfide) groups is 1. The second-order valence-corrected chi connectivity index (χ2v) is 6.05. The SMILES string of the molecule is COc1cc(CCNC(=O)CN2CCSC2=O)ccc1OC(F)F. The van der Waals surface area contributed by atoms with Gasteiger partial charge < -0.3 is 19.7 Å². The predicted molar refractivity (Wildman–Crippen MR) is 85.8 cm³/mol. The Balaban J connectivity index is 1.81. The number of carbonyl (C=O) groups excluding carboxylic acids is 2. The molecule has 0 spiro atoms. The van der Waals surface area contributed by atoms with Crippen molar-refractivity contribution < 1.29 is 27.8 Å². The highest BCUT2D eigenvalue weighted by atomic mass is 32.2. The van der Waals surface area contributed by atoms with Gasteiger partial charge in [-0.1, -0.05) is 17.8 Å². The average molecular weight is 360 g/mol. The molecule has 2 amide bonds. The number of hydrogen-bond acceptors (Lipinski definition) is 5. The summed E-state index contributed by atoms with van der Waals surface area (Å²) in [6.45, 7) is -1.92. The van der Waals surface area contributed by atoms with Crippen LogP contribution in [0.15, 0.2) is 18.2 Å². The Kier molecular flexibility index (Phi) is 6.65. The molecule has 6 nitrogen and oxygen atoms in total. The molecule has 0 aliphatic carbocycles. The summed E-state index contributed by atoms with van der Waals surface area (Å²) < 4.78 is 33.9. The van der Waals surface area contributed by atoms with Crippen LogP contribution in [0.3, 0.4) is 0 Å². The number of benzene rings is 1. The average Bonchev–Trinajstić information content (AvgIpc) is 2.93. The lowest BCUT2D eigenvalue weighted by molar-refractivity contribution is -0.121. The number of rotatable bonds is 8. The van der Waals surface area contributed by atoms with Crippen LogP contribution in [0.5, 0.6) is 11.5 Å². The van der Waals surface area contributed by atoms with E-state index >= 15 is 0 Å². The molecule has 2 rings (SSSR count). The van der Waals surface area contributed by atoms with E-state index in [4.69, 9.17) is 4.74 Å². The van der Waals surface area contributed by atoms with Crippen LogP contribution in [0.1, 0.15) is 5.56 Å². The Morgan fingerprint density at radius 3 is 2.83 bits per heavy atom. The Morgan fingerprint density at radius 2 is 2.21 bits per heavy atom. The number of nitrogens with zero attached hydrogens (tertiary/aromatic N) is 1. The van der Waals surface area contributed by atoms with Gasteiger partial charge in [-0.2, -0.15) is 8.78 Å². The summed E-state index contributed by atoms with van der Waals surface area (Å²) in [4.78, 5) is 24.7. The zero-order valence-electron chi connectivity index (χ0n) is 13.1. The summed E-state index contributed by atoms with van der Waals surface area (Å²) in [5, 5.41) is 2.65. The normalized spacial score (nSPS) is 14.2. The molecular formula is C15H18F2N2O4S. The van der Waals surface area contributed by atoms with E-state index < -0.39 is 6.61 Å². The molecule has 0 radical (unpaired) electrons. The molecule has 1 aromatic carbocycles. The van der Waals surface area contributed by atoms with Crippen LogP contribution < -0.4 is 14.8 Å². The zero-order valence-corrected chi connectivity index (χ0v) is 13.9. The molecule has 0 saturated carbocycles. The molecule has 1 saturated heterocycles. The lowest BCUT2D eigenvalue weighted by atomic mass is 10.1. The molecule has 0 unspecified atom stereocenters. The number of nitrogens with one attached hydrogen (secondary N) is 1. The number of hydrogen-bond donors (Lipinski definition) is 1. The number of amides is 2. The third kappa shape index (κ3) is 5.26. The minimum Gasteiger partial charge on any atom is -0.493 e. The fraction of sp³-hybridized carbons (Fsp3) is 0.467. The van der Waals surface area contributed by atoms with E-state index in [-0.39, 0.29) is 29.2 Å². The second kappa shape index (κ2) is 8.72. The maximum Gasteiger partial charge on any atom is 0.387 e. The van der Waals surface area contributed by atoms with E-state index in [0.29, 0.717) is 25.3 Å². The van der Waals surface area contributed by atoms with E-state index in [1.54, 1.807) is 12.1 Å². The first-order valence-corrected chi connectivity index (χ1v) is 8.28. The zero-order chi connectivity index (χ0) is 17.5. The summed E-state index contributed by atoms with van der Waals surface area (Å²) >= 11 is 1.21. The summed E-state index contributed by atoms with van der Waals surface area (Å²) in [5.74, 6) is 0.651. The molecule has 132 valence electrons. The minimum absolute atomic E-state index is 0.0367. The van der Waals surface area contributed by atoms with Crippen LogP contribution in [0, 0.1) is 0 Å². The molecular weight excluding hydrogens is 342 g/mol. The summed E-state index contributed by atoms with van der Waals surface area (Å²) in [5.41, 5.74) is 0.807. The standard InChI is InChI=1S/C15H18F2N2O4S/c1-22-12-8-10(2-3-11(12)23-14(16)17)4-5-18-13(20)9-19-6-7-24-15(19)21/h2-3,8,14H,4-7,9H2,1H3,(H,18,20). The van der Waals surface area contributed by atoms with Crippen LogP contribution in [0.4, 0.5) is 13.6 Å². The van der Waals surface area contributed by atoms with Crippen molar-refractivity contribution in [2.75, 3.05) is 32.5 Å². The Bertz CT molecular complexity index is 601. The third-order valence-corrected chi connectivity index (χ3v) is 4.25. The monoisotopic (exact) mass is 360 g/mol. The van der Waals surface area contributed by atoms with Crippen molar-refractivity contribution in [3.05, 3.63) is 23.8 Å². The lowest BCUT2D eigenvalue weighted by Crippen LogP contribution is -2.38. The van der Waals surface area contributed by atoms with Crippen molar-refractivity contribution in [2.24, 2.45) is 0 Å². The Labute approximate surface area is 142 Å². The van der Waals surface area contributed by atoms with Crippen LogP contribution in [-0.4, -0.2) is 55.2 Å². The molecule has 1 N–H and O–H groups in total. The third-order valence-electron chi connectivity index (χ3n) is 3.36. The number of alkyl halides is 2. The number of carbonyl (C=O) groups is 2. The van der Waals surface area contributed by atoms with Crippen molar-refractivity contribution in [1.29, 1.82) is 0 Å². The summed E-state index contributed by atoms with van der Waals surface area (Å²) in [6, 6.07) is 4.62. The van der Waals surface area contributed by atoms with Crippen LogP contribution in [0.25, 0.3) is 0 Å². The molecule has 0 atom stereocenters. The maximum absolute atomic E-state index is 12.3. The predicted octanol–water partition coefficient (Wildman–Crippen LogP) is 2.12. The fourth-order valence-electron chi connectivity index (χ4n) is 2.21. The van der Waals surface area contributed by atoms with E-state index in [9.17, 15) is 18.4 Å². The van der Waals surface area contributed by atoms with Crippen LogP contribution in [0.2, 0.25) is 0 Å². The van der Waals surface area contributed by atoms with Crippen LogP contribution >= 0.6 is 11.8 Å². The van der Waals surface area contributed by atoms with Gasteiger partial charge in [0.05, 0.1) is 7.11 Å². The highest BCUT2D eigenvalue weighted by Crippen LogP contribution is 2.29. The largest absolute Gasteiger partial charge is 0.493 e. The van der Waals surface area contributed by atoms with Crippen molar-refractivity contribution in [1.82, 2.24) is 10.2 Å². The van der Waals surface area contributed by atoms with Gasteiger partial charge >= 0.3 is 6.61 Å². The van der Waals surface area contributed by atoms with Gasteiger partial charge in [0.1, 0.15) is 6.54 Å². The first kappa shape index (κ1) is 18.3. The van der Waals surface area contributed by atoms with Gasteiger partial charge in [-0.15, -0.1) is 0 Å². The number of halogens is 2. The molecule has 1 fully saturated rings. The molecule has 1 heterocycles. The quantitative estimate of drug-likeness (QED) is 0.769. The van der Waals surface area contributed by atoms with Gasteiger partial charge in [-0.05, 0) is 24.1 Å². The van der Waals surface area contributed by atoms with Gasteiger partial charge in [0.2, 0.25) is 5.91 Å². The van der Waals surface area contributed by atoms with Crippen molar-refractivity contribution >= 4 is 22.9 Å². The number of methoxy groups -OCH3 is 1. The van der Waals surface area contributed by atoms with E-state index in [2.05, 4.69) is 10.1 Å². The molecule has 24 heavy (non-hydrogen) atoms. The maximum atomic E-state index is 12.3.